The largest absolute Gasteiger partial charge is 0.396 e. The Morgan fingerprint density at radius 3 is 2.79 bits per heavy atom. The zero-order valence-corrected chi connectivity index (χ0v) is 8.96. The van der Waals surface area contributed by atoms with Crippen molar-refractivity contribution < 1.29 is 5.11 Å². The number of anilines is 1. The van der Waals surface area contributed by atoms with E-state index in [1.807, 2.05) is 0 Å². The van der Waals surface area contributed by atoms with Gasteiger partial charge < -0.3 is 10.4 Å². The maximum atomic E-state index is 8.73. The summed E-state index contributed by atoms with van der Waals surface area (Å²) in [6.45, 7) is 4.52. The molecule has 2 N–H and O–H groups in total. The van der Waals surface area contributed by atoms with Crippen LogP contribution in [0.4, 0.5) is 5.69 Å². The van der Waals surface area contributed by atoms with E-state index in [4.69, 9.17) is 5.11 Å². The van der Waals surface area contributed by atoms with Gasteiger partial charge in [0.1, 0.15) is 0 Å². The lowest BCUT2D eigenvalue weighted by Gasteiger charge is -2.10. The summed E-state index contributed by atoms with van der Waals surface area (Å²) in [5.74, 6) is 0. The summed E-state index contributed by atoms with van der Waals surface area (Å²) in [6.07, 6.45) is 1.79. The Bertz CT molecular complexity index is 271. The summed E-state index contributed by atoms with van der Waals surface area (Å²) >= 11 is 0. The molecule has 0 fully saturated rings. The third-order valence-electron chi connectivity index (χ3n) is 2.01. The Labute approximate surface area is 86.0 Å². The first kappa shape index (κ1) is 11.1. The van der Waals surface area contributed by atoms with E-state index in [0.29, 0.717) is 6.04 Å². The van der Waals surface area contributed by atoms with Gasteiger partial charge in [0.05, 0.1) is 0 Å². The van der Waals surface area contributed by atoms with Gasteiger partial charge in [-0.15, -0.1) is 0 Å². The Balaban J connectivity index is 2.59. The van der Waals surface area contributed by atoms with Crippen molar-refractivity contribution in [2.45, 2.75) is 32.7 Å². The number of aliphatic hydroxyl groups excluding tert-OH is 1. The Morgan fingerprint density at radius 1 is 1.36 bits per heavy atom. The zero-order valence-electron chi connectivity index (χ0n) is 8.96. The third-order valence-corrected chi connectivity index (χ3v) is 2.01. The summed E-state index contributed by atoms with van der Waals surface area (Å²) in [7, 11) is 0. The van der Waals surface area contributed by atoms with E-state index >= 15 is 0 Å². The Kier molecular flexibility index (Phi) is 4.47. The highest BCUT2D eigenvalue weighted by molar-refractivity contribution is 5.46. The smallest absolute Gasteiger partial charge is 0.0434 e. The highest BCUT2D eigenvalue weighted by atomic mass is 16.2. The molecule has 14 heavy (non-hydrogen) atoms. The molecule has 0 bridgehead atoms. The average molecular weight is 193 g/mol. The lowest BCUT2D eigenvalue weighted by atomic mass is 10.1. The predicted octanol–water partition coefficient (Wildman–Crippen LogP) is 2.43. The molecule has 0 unspecified atom stereocenters. The van der Waals surface area contributed by atoms with Crippen molar-refractivity contribution in [3.63, 3.8) is 0 Å². The summed E-state index contributed by atoms with van der Waals surface area (Å²) in [6, 6.07) is 8.83. The fraction of sp³-hybridized carbons (Fsp3) is 0.500. The molecular weight excluding hydrogens is 174 g/mol. The van der Waals surface area contributed by atoms with Crippen LogP contribution in [0.2, 0.25) is 0 Å². The molecule has 0 spiro atoms. The molecule has 0 aliphatic carbocycles. The minimum Gasteiger partial charge on any atom is -0.396 e. The molecular formula is C12H19NO. The summed E-state index contributed by atoms with van der Waals surface area (Å²) in [5, 5.41) is 12.1. The summed E-state index contributed by atoms with van der Waals surface area (Å²) in [4.78, 5) is 0. The number of nitrogens with one attached hydrogen (secondary N) is 1. The van der Waals surface area contributed by atoms with Gasteiger partial charge in [0.2, 0.25) is 0 Å². The first-order valence-electron chi connectivity index (χ1n) is 5.18. The van der Waals surface area contributed by atoms with E-state index in [1.165, 1.54) is 5.56 Å². The number of hydrogen-bond acceptors (Lipinski definition) is 2. The first-order valence-corrected chi connectivity index (χ1v) is 5.18. The van der Waals surface area contributed by atoms with Gasteiger partial charge in [-0.05, 0) is 44.4 Å². The average Bonchev–Trinajstić information content (AvgIpc) is 2.14. The van der Waals surface area contributed by atoms with E-state index in [0.717, 1.165) is 18.5 Å². The second kappa shape index (κ2) is 5.66. The third kappa shape index (κ3) is 3.79. The highest BCUT2D eigenvalue weighted by Gasteiger charge is 1.97. The second-order valence-corrected chi connectivity index (χ2v) is 3.83. The fourth-order valence-electron chi connectivity index (χ4n) is 1.43. The van der Waals surface area contributed by atoms with Crippen LogP contribution in [0.3, 0.4) is 0 Å². The quantitative estimate of drug-likeness (QED) is 0.752. The fourth-order valence-corrected chi connectivity index (χ4v) is 1.43. The van der Waals surface area contributed by atoms with Crippen LogP contribution in [-0.2, 0) is 6.42 Å². The maximum absolute atomic E-state index is 8.73. The topological polar surface area (TPSA) is 32.3 Å². The van der Waals surface area contributed by atoms with Crippen LogP contribution in [-0.4, -0.2) is 17.8 Å². The lowest BCUT2D eigenvalue weighted by molar-refractivity contribution is 0.288. The minimum atomic E-state index is 0.266. The molecule has 0 radical (unpaired) electrons. The van der Waals surface area contributed by atoms with Gasteiger partial charge in [0, 0.05) is 18.3 Å². The van der Waals surface area contributed by atoms with Crippen molar-refractivity contribution in [2.24, 2.45) is 0 Å². The summed E-state index contributed by atoms with van der Waals surface area (Å²) in [5.41, 5.74) is 2.44. The van der Waals surface area contributed by atoms with Crippen molar-refractivity contribution >= 4 is 5.69 Å². The molecule has 0 atom stereocenters. The van der Waals surface area contributed by atoms with E-state index in [2.05, 4.69) is 43.4 Å². The molecule has 0 saturated heterocycles. The van der Waals surface area contributed by atoms with Crippen molar-refractivity contribution in [3.05, 3.63) is 29.8 Å². The molecule has 1 aromatic rings. The van der Waals surface area contributed by atoms with Gasteiger partial charge >= 0.3 is 0 Å². The predicted molar refractivity (Wildman–Crippen MR) is 60.6 cm³/mol. The van der Waals surface area contributed by atoms with E-state index < -0.39 is 0 Å². The van der Waals surface area contributed by atoms with Crippen LogP contribution in [0, 0.1) is 0 Å². The molecule has 1 rings (SSSR count). The number of rotatable bonds is 5. The van der Waals surface area contributed by atoms with Crippen LogP contribution >= 0.6 is 0 Å². The molecule has 0 aliphatic rings. The van der Waals surface area contributed by atoms with Gasteiger partial charge in [-0.25, -0.2) is 0 Å². The van der Waals surface area contributed by atoms with E-state index in [-0.39, 0.29) is 6.61 Å². The van der Waals surface area contributed by atoms with Crippen LogP contribution < -0.4 is 5.32 Å². The lowest BCUT2D eigenvalue weighted by Crippen LogP contribution is -2.09. The molecule has 0 aromatic heterocycles. The molecule has 0 aliphatic heterocycles. The molecule has 2 heteroatoms. The van der Waals surface area contributed by atoms with Crippen molar-refractivity contribution in [2.75, 3.05) is 11.9 Å². The van der Waals surface area contributed by atoms with Gasteiger partial charge in [-0.3, -0.25) is 0 Å². The van der Waals surface area contributed by atoms with E-state index in [1.54, 1.807) is 0 Å². The SMILES string of the molecule is CC(C)Nc1cccc(CCCO)c1. The molecule has 0 amide bonds. The number of aliphatic hydroxyl groups is 1. The van der Waals surface area contributed by atoms with Gasteiger partial charge in [0.15, 0.2) is 0 Å². The van der Waals surface area contributed by atoms with Crippen molar-refractivity contribution in [3.8, 4) is 0 Å². The van der Waals surface area contributed by atoms with Crippen molar-refractivity contribution in [1.82, 2.24) is 0 Å². The van der Waals surface area contributed by atoms with Crippen LogP contribution in [0.5, 0.6) is 0 Å². The Morgan fingerprint density at radius 2 is 2.14 bits per heavy atom. The highest BCUT2D eigenvalue weighted by Crippen LogP contribution is 2.12. The Hall–Kier alpha value is -1.02. The molecule has 78 valence electrons. The van der Waals surface area contributed by atoms with Crippen LogP contribution in [0.25, 0.3) is 0 Å². The summed E-state index contributed by atoms with van der Waals surface area (Å²) < 4.78 is 0. The van der Waals surface area contributed by atoms with Gasteiger partial charge in [-0.1, -0.05) is 12.1 Å². The number of benzene rings is 1. The number of aryl methyl sites for hydroxylation is 1. The molecule has 0 saturated carbocycles. The van der Waals surface area contributed by atoms with E-state index in [9.17, 15) is 0 Å². The first-order chi connectivity index (χ1) is 6.72. The molecule has 2 nitrogen and oxygen atoms in total. The molecule has 0 heterocycles. The normalized spacial score (nSPS) is 10.6. The second-order valence-electron chi connectivity index (χ2n) is 3.83. The van der Waals surface area contributed by atoms with Gasteiger partial charge in [0.25, 0.3) is 0 Å². The maximum Gasteiger partial charge on any atom is 0.0434 e. The van der Waals surface area contributed by atoms with Crippen LogP contribution in [0.15, 0.2) is 24.3 Å². The molecule has 1 aromatic carbocycles. The number of hydrogen-bond donors (Lipinski definition) is 2. The van der Waals surface area contributed by atoms with Crippen LogP contribution in [0.1, 0.15) is 25.8 Å². The zero-order chi connectivity index (χ0) is 10.4. The van der Waals surface area contributed by atoms with Gasteiger partial charge in [-0.2, -0.15) is 0 Å². The minimum absolute atomic E-state index is 0.266. The van der Waals surface area contributed by atoms with Crippen molar-refractivity contribution in [1.29, 1.82) is 0 Å². The standard InChI is InChI=1S/C12H19NO/c1-10(2)13-12-7-3-5-11(9-12)6-4-8-14/h3,5,7,9-10,13-14H,4,6,8H2,1-2H3. The monoisotopic (exact) mass is 193 g/mol.